The van der Waals surface area contributed by atoms with Gasteiger partial charge in [-0.25, -0.2) is 13.5 Å². The van der Waals surface area contributed by atoms with Crippen molar-refractivity contribution in [2.75, 3.05) is 6.61 Å². The number of aromatic nitrogens is 2. The molecule has 6 nitrogen and oxygen atoms in total. The summed E-state index contributed by atoms with van der Waals surface area (Å²) in [6.07, 6.45) is 11.0. The van der Waals surface area contributed by atoms with E-state index in [4.69, 9.17) is 10.5 Å². The zero-order valence-corrected chi connectivity index (χ0v) is 19.5. The average Bonchev–Trinajstić information content (AvgIpc) is 3.49. The molecular weight excluding hydrogens is 450 g/mol. The standard InChI is InChI=1S/C18H13F2N3O2.C9H15N/c19-12-3-1-11(2-4-12)17-15(18-21-16(24)10-25-18)9-23(22-17)14-7-5-13(20)6-8-14;1-2-3-8-4-6-9(10)7-5-8/h1-9,18H,10H2,(H,21,24);4-6,9H,2-3,7,10H2,1H3. The van der Waals surface area contributed by atoms with Crippen LogP contribution in [0.4, 0.5) is 8.78 Å². The van der Waals surface area contributed by atoms with Crippen molar-refractivity contribution in [2.24, 2.45) is 5.73 Å². The third-order valence-electron chi connectivity index (χ3n) is 5.66. The number of nitrogens with two attached hydrogens (primary N) is 1. The van der Waals surface area contributed by atoms with Gasteiger partial charge in [0.15, 0.2) is 6.23 Å². The molecule has 8 heteroatoms. The first-order valence-corrected chi connectivity index (χ1v) is 11.6. The Labute approximate surface area is 203 Å². The number of ether oxygens (including phenoxy) is 1. The van der Waals surface area contributed by atoms with Crippen LogP contribution in [0.1, 0.15) is 38.0 Å². The molecule has 2 aromatic carbocycles. The van der Waals surface area contributed by atoms with Crippen LogP contribution in [0.2, 0.25) is 0 Å². The second kappa shape index (κ2) is 11.2. The molecule has 0 saturated carbocycles. The Morgan fingerprint density at radius 3 is 2.37 bits per heavy atom. The zero-order chi connectivity index (χ0) is 24.8. The van der Waals surface area contributed by atoms with Crippen molar-refractivity contribution in [1.82, 2.24) is 15.1 Å². The van der Waals surface area contributed by atoms with E-state index in [0.717, 1.165) is 6.42 Å². The summed E-state index contributed by atoms with van der Waals surface area (Å²) >= 11 is 0. The SMILES string of the molecule is CCCC1=CCC(N)C=C1.O=C1COC(c2cn(-c3ccc(F)cc3)nc2-c2ccc(F)cc2)N1. The summed E-state index contributed by atoms with van der Waals surface area (Å²) in [5, 5.41) is 7.24. The van der Waals surface area contributed by atoms with Crippen molar-refractivity contribution < 1.29 is 18.3 Å². The Hall–Kier alpha value is -3.62. The second-order valence-corrected chi connectivity index (χ2v) is 8.41. The van der Waals surface area contributed by atoms with Crippen molar-refractivity contribution in [1.29, 1.82) is 0 Å². The number of carbonyl (C=O) groups is 1. The number of nitrogens with zero attached hydrogens (tertiary/aromatic N) is 2. The molecule has 1 aliphatic heterocycles. The van der Waals surface area contributed by atoms with Gasteiger partial charge in [0, 0.05) is 23.4 Å². The molecule has 1 amide bonds. The van der Waals surface area contributed by atoms with Crippen LogP contribution in [0.25, 0.3) is 16.9 Å². The van der Waals surface area contributed by atoms with E-state index in [9.17, 15) is 13.6 Å². The van der Waals surface area contributed by atoms with Crippen LogP contribution >= 0.6 is 0 Å². The lowest BCUT2D eigenvalue weighted by molar-refractivity contribution is -0.119. The topological polar surface area (TPSA) is 82.2 Å². The Morgan fingerprint density at radius 2 is 1.80 bits per heavy atom. The van der Waals surface area contributed by atoms with Gasteiger partial charge in [0.1, 0.15) is 23.9 Å². The molecule has 35 heavy (non-hydrogen) atoms. The van der Waals surface area contributed by atoms with Crippen LogP contribution in [-0.4, -0.2) is 28.3 Å². The molecule has 1 fully saturated rings. The Bertz CT molecular complexity index is 1220. The van der Waals surface area contributed by atoms with Gasteiger partial charge in [-0.2, -0.15) is 5.10 Å². The highest BCUT2D eigenvalue weighted by molar-refractivity contribution is 5.79. The molecule has 3 aromatic rings. The highest BCUT2D eigenvalue weighted by Gasteiger charge is 2.28. The Kier molecular flexibility index (Phi) is 7.84. The number of rotatable bonds is 5. The van der Waals surface area contributed by atoms with E-state index < -0.39 is 6.23 Å². The largest absolute Gasteiger partial charge is 0.344 e. The van der Waals surface area contributed by atoms with E-state index in [1.807, 2.05) is 0 Å². The van der Waals surface area contributed by atoms with Gasteiger partial charge in [-0.05, 0) is 61.4 Å². The molecule has 2 aliphatic rings. The molecule has 5 rings (SSSR count). The van der Waals surface area contributed by atoms with Crippen molar-refractivity contribution in [2.45, 2.75) is 38.5 Å². The summed E-state index contributed by atoms with van der Waals surface area (Å²) in [6, 6.07) is 12.0. The quantitative estimate of drug-likeness (QED) is 0.543. The summed E-state index contributed by atoms with van der Waals surface area (Å²) in [5.41, 5.74) is 9.64. The van der Waals surface area contributed by atoms with Gasteiger partial charge in [0.25, 0.3) is 0 Å². The third-order valence-corrected chi connectivity index (χ3v) is 5.66. The molecule has 1 aromatic heterocycles. The molecule has 1 aliphatic carbocycles. The zero-order valence-electron chi connectivity index (χ0n) is 19.5. The first-order valence-electron chi connectivity index (χ1n) is 11.6. The summed E-state index contributed by atoms with van der Waals surface area (Å²) in [4.78, 5) is 11.5. The molecule has 0 radical (unpaired) electrons. The summed E-state index contributed by atoms with van der Waals surface area (Å²) < 4.78 is 33.4. The summed E-state index contributed by atoms with van der Waals surface area (Å²) in [6.45, 7) is 2.17. The second-order valence-electron chi connectivity index (χ2n) is 8.41. The number of nitrogens with one attached hydrogen (secondary N) is 1. The fraction of sp³-hybridized carbons (Fsp3) is 0.259. The van der Waals surface area contributed by atoms with Gasteiger partial charge in [-0.15, -0.1) is 0 Å². The number of hydrogen-bond donors (Lipinski definition) is 2. The maximum atomic E-state index is 13.2. The smallest absolute Gasteiger partial charge is 0.248 e. The van der Waals surface area contributed by atoms with Gasteiger partial charge < -0.3 is 15.8 Å². The van der Waals surface area contributed by atoms with E-state index in [2.05, 4.69) is 35.6 Å². The summed E-state index contributed by atoms with van der Waals surface area (Å²) in [7, 11) is 0. The molecule has 1 saturated heterocycles. The first kappa shape index (κ1) is 24.5. The van der Waals surface area contributed by atoms with E-state index in [1.54, 1.807) is 35.1 Å². The lowest BCUT2D eigenvalue weighted by Crippen LogP contribution is -2.19. The van der Waals surface area contributed by atoms with Crippen LogP contribution in [-0.2, 0) is 9.53 Å². The van der Waals surface area contributed by atoms with Crippen LogP contribution in [0.5, 0.6) is 0 Å². The molecule has 182 valence electrons. The molecule has 2 unspecified atom stereocenters. The normalized spacial score (nSPS) is 19.1. The minimum Gasteiger partial charge on any atom is -0.344 e. The molecule has 0 spiro atoms. The number of allylic oxidation sites excluding steroid dienone is 2. The van der Waals surface area contributed by atoms with Gasteiger partial charge >= 0.3 is 0 Å². The third kappa shape index (κ3) is 6.29. The number of amides is 1. The predicted octanol–water partition coefficient (Wildman–Crippen LogP) is 4.96. The highest BCUT2D eigenvalue weighted by Crippen LogP contribution is 2.30. The minimum absolute atomic E-state index is 0.0325. The van der Waals surface area contributed by atoms with E-state index >= 15 is 0 Å². The van der Waals surface area contributed by atoms with Crippen molar-refractivity contribution in [3.8, 4) is 16.9 Å². The number of halogens is 2. The highest BCUT2D eigenvalue weighted by atomic mass is 19.1. The molecule has 2 atom stereocenters. The van der Waals surface area contributed by atoms with Gasteiger partial charge in [-0.1, -0.05) is 37.1 Å². The first-order chi connectivity index (χ1) is 16.9. The maximum Gasteiger partial charge on any atom is 0.248 e. The fourth-order valence-corrected chi connectivity index (χ4v) is 3.85. The number of carbonyl (C=O) groups excluding carboxylic acids is 1. The van der Waals surface area contributed by atoms with Crippen LogP contribution in [0.15, 0.2) is 78.5 Å². The fourth-order valence-electron chi connectivity index (χ4n) is 3.85. The van der Waals surface area contributed by atoms with Crippen LogP contribution in [0, 0.1) is 11.6 Å². The Balaban J connectivity index is 0.000000243. The number of hydrogen-bond acceptors (Lipinski definition) is 4. The van der Waals surface area contributed by atoms with Gasteiger partial charge in [-0.3, -0.25) is 4.79 Å². The van der Waals surface area contributed by atoms with Crippen molar-refractivity contribution in [3.63, 3.8) is 0 Å². The van der Waals surface area contributed by atoms with E-state index in [0.29, 0.717) is 22.5 Å². The van der Waals surface area contributed by atoms with E-state index in [1.165, 1.54) is 42.7 Å². The van der Waals surface area contributed by atoms with Gasteiger partial charge in [0.2, 0.25) is 5.91 Å². The summed E-state index contributed by atoms with van der Waals surface area (Å²) in [5.74, 6) is -0.917. The van der Waals surface area contributed by atoms with Gasteiger partial charge in [0.05, 0.1) is 5.69 Å². The van der Waals surface area contributed by atoms with Crippen LogP contribution < -0.4 is 11.1 Å². The average molecular weight is 479 g/mol. The lowest BCUT2D eigenvalue weighted by atomic mass is 10.0. The number of benzene rings is 2. The molecule has 2 heterocycles. The minimum atomic E-state index is -0.637. The van der Waals surface area contributed by atoms with E-state index in [-0.39, 0.29) is 30.2 Å². The molecule has 0 bridgehead atoms. The monoisotopic (exact) mass is 478 g/mol. The molecular formula is C27H28F2N4O2. The maximum absolute atomic E-state index is 13.2. The van der Waals surface area contributed by atoms with Crippen molar-refractivity contribution in [3.05, 3.63) is 95.7 Å². The molecule has 3 N–H and O–H groups in total. The van der Waals surface area contributed by atoms with Crippen LogP contribution in [0.3, 0.4) is 0 Å². The van der Waals surface area contributed by atoms with Crippen molar-refractivity contribution >= 4 is 5.91 Å². The lowest BCUT2D eigenvalue weighted by Gasteiger charge is -2.10. The predicted molar refractivity (Wildman–Crippen MR) is 130 cm³/mol. The Morgan fingerprint density at radius 1 is 1.11 bits per heavy atom.